The van der Waals surface area contributed by atoms with Gasteiger partial charge in [0.2, 0.25) is 0 Å². The van der Waals surface area contributed by atoms with Gasteiger partial charge in [-0.1, -0.05) is 6.07 Å². The molecule has 182 valence electrons. The number of carbonyl (C=O) groups excluding carboxylic acids is 2. The van der Waals surface area contributed by atoms with E-state index in [4.69, 9.17) is 14.2 Å². The van der Waals surface area contributed by atoms with E-state index in [0.29, 0.717) is 29.2 Å². The van der Waals surface area contributed by atoms with Crippen LogP contribution in [0.1, 0.15) is 47.1 Å². The van der Waals surface area contributed by atoms with Crippen LogP contribution in [0.15, 0.2) is 65.7 Å². The summed E-state index contributed by atoms with van der Waals surface area (Å²) in [7, 11) is 3.16. The molecule has 0 aliphatic carbocycles. The molecule has 0 saturated heterocycles. The first-order valence-corrected chi connectivity index (χ1v) is 12.0. The maximum atomic E-state index is 13.5. The van der Waals surface area contributed by atoms with E-state index >= 15 is 0 Å². The van der Waals surface area contributed by atoms with Crippen LogP contribution in [0.25, 0.3) is 6.08 Å². The van der Waals surface area contributed by atoms with Crippen molar-refractivity contribution in [3.63, 3.8) is 0 Å². The summed E-state index contributed by atoms with van der Waals surface area (Å²) in [5.41, 5.74) is 0.915. The second kappa shape index (κ2) is 10.2. The molecule has 0 saturated carbocycles. The van der Waals surface area contributed by atoms with Crippen molar-refractivity contribution < 1.29 is 23.8 Å². The summed E-state index contributed by atoms with van der Waals surface area (Å²) in [6.45, 7) is 3.96. The zero-order valence-electron chi connectivity index (χ0n) is 20.1. The molecule has 7 nitrogen and oxygen atoms in total. The lowest BCUT2D eigenvalue weighted by Gasteiger charge is -2.38. The Morgan fingerprint density at radius 2 is 1.77 bits per heavy atom. The summed E-state index contributed by atoms with van der Waals surface area (Å²) in [6, 6.07) is 15.7. The third-order valence-corrected chi connectivity index (χ3v) is 6.47. The second-order valence-corrected chi connectivity index (χ2v) is 9.73. The van der Waals surface area contributed by atoms with Crippen LogP contribution in [0, 0.1) is 0 Å². The van der Waals surface area contributed by atoms with E-state index in [-0.39, 0.29) is 17.6 Å². The fourth-order valence-electron chi connectivity index (χ4n) is 3.94. The fraction of sp³-hybridized carbons (Fsp3) is 0.259. The fourth-order valence-corrected chi connectivity index (χ4v) is 4.59. The Bertz CT molecular complexity index is 1230. The average Bonchev–Trinajstić information content (AvgIpc) is 3.36. The molecule has 1 aliphatic rings. The summed E-state index contributed by atoms with van der Waals surface area (Å²) in [5, 5.41) is 7.80. The van der Waals surface area contributed by atoms with Crippen molar-refractivity contribution in [2.75, 3.05) is 14.2 Å². The van der Waals surface area contributed by atoms with Crippen LogP contribution in [0.4, 0.5) is 0 Å². The van der Waals surface area contributed by atoms with Gasteiger partial charge in [-0.15, -0.1) is 11.3 Å². The zero-order chi connectivity index (χ0) is 25.0. The van der Waals surface area contributed by atoms with Gasteiger partial charge in [0, 0.05) is 22.4 Å². The van der Waals surface area contributed by atoms with Gasteiger partial charge in [-0.2, -0.15) is 0 Å². The summed E-state index contributed by atoms with van der Waals surface area (Å²) < 4.78 is 16.7. The van der Waals surface area contributed by atoms with E-state index in [2.05, 4.69) is 10.6 Å². The number of methoxy groups -OCH3 is 2. The summed E-state index contributed by atoms with van der Waals surface area (Å²) in [4.78, 5) is 27.3. The highest BCUT2D eigenvalue weighted by atomic mass is 32.1. The van der Waals surface area contributed by atoms with Crippen LogP contribution in [-0.4, -0.2) is 31.6 Å². The average molecular weight is 493 g/mol. The van der Waals surface area contributed by atoms with Crippen LogP contribution in [0.2, 0.25) is 0 Å². The molecule has 3 aromatic rings. The summed E-state index contributed by atoms with van der Waals surface area (Å²) >= 11 is 1.48. The van der Waals surface area contributed by atoms with Gasteiger partial charge in [-0.25, -0.2) is 0 Å². The minimum absolute atomic E-state index is 0.155. The number of benzene rings is 2. The summed E-state index contributed by atoms with van der Waals surface area (Å²) in [6.07, 6.45) is 2.23. The SMILES string of the molecule is COc1ccc(C(=O)N/C(=C\c2cccs2)C(=O)N[C@@H]2CC(C)(C)Oc3ccc(OC)cc32)cc1. The molecule has 2 N–H and O–H groups in total. The minimum Gasteiger partial charge on any atom is -0.497 e. The van der Waals surface area contributed by atoms with Crippen molar-refractivity contribution in [3.05, 3.63) is 81.7 Å². The zero-order valence-corrected chi connectivity index (χ0v) is 20.9. The van der Waals surface area contributed by atoms with Crippen molar-refractivity contribution in [1.29, 1.82) is 0 Å². The van der Waals surface area contributed by atoms with E-state index in [0.717, 1.165) is 10.4 Å². The Labute approximate surface area is 208 Å². The Morgan fingerprint density at radius 1 is 1.06 bits per heavy atom. The number of ether oxygens (including phenoxy) is 3. The monoisotopic (exact) mass is 492 g/mol. The molecule has 0 spiro atoms. The number of carbonyl (C=O) groups is 2. The first kappa shape index (κ1) is 24.3. The van der Waals surface area contributed by atoms with Crippen LogP contribution in [-0.2, 0) is 4.79 Å². The Balaban J connectivity index is 1.61. The van der Waals surface area contributed by atoms with Crippen LogP contribution in [0.3, 0.4) is 0 Å². The van der Waals surface area contributed by atoms with Gasteiger partial charge >= 0.3 is 0 Å². The Kier molecular flexibility index (Phi) is 7.12. The summed E-state index contributed by atoms with van der Waals surface area (Å²) in [5.74, 6) is 1.23. The number of fused-ring (bicyclic) bond motifs is 1. The van der Waals surface area contributed by atoms with Gasteiger partial charge in [-0.05, 0) is 73.8 Å². The first-order valence-electron chi connectivity index (χ1n) is 11.2. The quantitative estimate of drug-likeness (QED) is 0.456. The van der Waals surface area contributed by atoms with Gasteiger partial charge < -0.3 is 24.8 Å². The van der Waals surface area contributed by atoms with E-state index < -0.39 is 11.5 Å². The van der Waals surface area contributed by atoms with E-state index in [1.807, 2.05) is 49.6 Å². The number of rotatable bonds is 7. The van der Waals surface area contributed by atoms with Gasteiger partial charge in [0.15, 0.2) is 0 Å². The lowest BCUT2D eigenvalue weighted by molar-refractivity contribution is -0.119. The molecule has 2 heterocycles. The molecule has 0 fully saturated rings. The van der Waals surface area contributed by atoms with E-state index in [1.165, 1.54) is 11.3 Å². The third kappa shape index (κ3) is 5.84. The number of nitrogens with one attached hydrogen (secondary N) is 2. The molecule has 0 unspecified atom stereocenters. The highest BCUT2D eigenvalue weighted by Crippen LogP contribution is 2.41. The lowest BCUT2D eigenvalue weighted by atomic mass is 9.89. The Morgan fingerprint density at radius 3 is 2.43 bits per heavy atom. The lowest BCUT2D eigenvalue weighted by Crippen LogP contribution is -2.43. The van der Waals surface area contributed by atoms with Crippen molar-refractivity contribution in [2.24, 2.45) is 0 Å². The smallest absolute Gasteiger partial charge is 0.268 e. The van der Waals surface area contributed by atoms with Crippen LogP contribution < -0.4 is 24.8 Å². The molecular weight excluding hydrogens is 464 g/mol. The minimum atomic E-state index is -0.483. The van der Waals surface area contributed by atoms with Crippen molar-refractivity contribution in [2.45, 2.75) is 31.9 Å². The van der Waals surface area contributed by atoms with E-state index in [9.17, 15) is 9.59 Å². The number of amides is 2. The van der Waals surface area contributed by atoms with Gasteiger partial charge in [0.1, 0.15) is 28.5 Å². The topological polar surface area (TPSA) is 85.9 Å². The molecule has 4 rings (SSSR count). The Hall–Kier alpha value is -3.78. The van der Waals surface area contributed by atoms with Gasteiger partial charge in [-0.3, -0.25) is 9.59 Å². The second-order valence-electron chi connectivity index (χ2n) is 8.75. The standard InChI is InChI=1S/C27H28N2O5S/c1-27(2)16-23(21-14-19(33-4)11-12-24(21)34-27)29-26(31)22(15-20-6-5-13-35-20)28-25(30)17-7-9-18(32-3)10-8-17/h5-15,23H,16H2,1-4H3,(H,28,30)(H,29,31)/b22-15-/t23-/m1/s1. The molecule has 1 aliphatic heterocycles. The molecule has 35 heavy (non-hydrogen) atoms. The molecule has 1 aromatic heterocycles. The third-order valence-electron chi connectivity index (χ3n) is 5.65. The van der Waals surface area contributed by atoms with Crippen LogP contribution >= 0.6 is 11.3 Å². The number of hydrogen-bond acceptors (Lipinski definition) is 6. The molecule has 1 atom stereocenters. The number of hydrogen-bond donors (Lipinski definition) is 2. The molecule has 2 amide bonds. The molecule has 0 radical (unpaired) electrons. The van der Waals surface area contributed by atoms with Gasteiger partial charge in [0.05, 0.1) is 20.3 Å². The maximum Gasteiger partial charge on any atom is 0.268 e. The highest BCUT2D eigenvalue weighted by molar-refractivity contribution is 7.10. The highest BCUT2D eigenvalue weighted by Gasteiger charge is 2.35. The molecule has 0 bridgehead atoms. The predicted molar refractivity (Wildman–Crippen MR) is 136 cm³/mol. The van der Waals surface area contributed by atoms with E-state index in [1.54, 1.807) is 44.6 Å². The van der Waals surface area contributed by atoms with Crippen molar-refractivity contribution in [1.82, 2.24) is 10.6 Å². The molecular formula is C27H28N2O5S. The van der Waals surface area contributed by atoms with Crippen molar-refractivity contribution in [3.8, 4) is 17.2 Å². The largest absolute Gasteiger partial charge is 0.497 e. The van der Waals surface area contributed by atoms with Crippen molar-refractivity contribution >= 4 is 29.2 Å². The predicted octanol–water partition coefficient (Wildman–Crippen LogP) is 4.95. The first-order chi connectivity index (χ1) is 16.8. The maximum absolute atomic E-state index is 13.5. The number of thiophene rings is 1. The van der Waals surface area contributed by atoms with Gasteiger partial charge in [0.25, 0.3) is 11.8 Å². The molecule has 2 aromatic carbocycles. The normalized spacial score (nSPS) is 16.5. The van der Waals surface area contributed by atoms with Crippen LogP contribution in [0.5, 0.6) is 17.2 Å². The molecule has 8 heteroatoms.